The summed E-state index contributed by atoms with van der Waals surface area (Å²) in [5.41, 5.74) is -0.307. The van der Waals surface area contributed by atoms with Crippen LogP contribution >= 0.6 is 0 Å². The Morgan fingerprint density at radius 3 is 2.78 bits per heavy atom. The Hall–Kier alpha value is -0.940. The fourth-order valence-corrected chi connectivity index (χ4v) is 3.10. The lowest BCUT2D eigenvalue weighted by Crippen LogP contribution is -2.32. The number of nitrogens with zero attached hydrogens (tertiary/aromatic N) is 2. The zero-order valence-electron chi connectivity index (χ0n) is 10.9. The number of rotatable bonds is 3. The van der Waals surface area contributed by atoms with E-state index in [-0.39, 0.29) is 11.6 Å². The van der Waals surface area contributed by atoms with E-state index in [0.717, 1.165) is 37.5 Å². The summed E-state index contributed by atoms with van der Waals surface area (Å²) in [5.74, 6) is 1.47. The average Bonchev–Trinajstić information content (AvgIpc) is 3.10. The normalized spacial score (nSPS) is 27.5. The molecule has 100 valence electrons. The molecule has 1 saturated carbocycles. The molecule has 1 aromatic rings. The Labute approximate surface area is 107 Å². The molecule has 5 nitrogen and oxygen atoms in total. The highest BCUT2D eigenvalue weighted by molar-refractivity contribution is 5.05. The van der Waals surface area contributed by atoms with Crippen LogP contribution in [-0.2, 0) is 10.3 Å². The summed E-state index contributed by atoms with van der Waals surface area (Å²) in [5, 5.41) is 7.56. The summed E-state index contributed by atoms with van der Waals surface area (Å²) in [4.78, 5) is 4.59. The number of nitrogens with one attached hydrogen (secondary N) is 1. The van der Waals surface area contributed by atoms with Crippen molar-refractivity contribution >= 4 is 0 Å². The first kappa shape index (κ1) is 12.1. The molecule has 1 atom stereocenters. The molecule has 2 fully saturated rings. The van der Waals surface area contributed by atoms with E-state index in [2.05, 4.69) is 15.5 Å². The average molecular weight is 251 g/mol. The second-order valence-corrected chi connectivity index (χ2v) is 5.36. The zero-order valence-corrected chi connectivity index (χ0v) is 10.9. The SMILES string of the molecule is COC1(c2noc([C@H]3CCCN3)n2)CCCCC1. The van der Waals surface area contributed by atoms with Gasteiger partial charge in [-0.25, -0.2) is 0 Å². The van der Waals surface area contributed by atoms with Crippen molar-refractivity contribution in [2.45, 2.75) is 56.6 Å². The van der Waals surface area contributed by atoms with Gasteiger partial charge in [0, 0.05) is 7.11 Å². The van der Waals surface area contributed by atoms with Crippen LogP contribution in [-0.4, -0.2) is 23.8 Å². The highest BCUT2D eigenvalue weighted by Crippen LogP contribution is 2.39. The van der Waals surface area contributed by atoms with Crippen LogP contribution in [0.2, 0.25) is 0 Å². The molecule has 0 unspecified atom stereocenters. The lowest BCUT2D eigenvalue weighted by atomic mass is 9.84. The van der Waals surface area contributed by atoms with Crippen LogP contribution < -0.4 is 5.32 Å². The van der Waals surface area contributed by atoms with E-state index in [1.54, 1.807) is 7.11 Å². The van der Waals surface area contributed by atoms with E-state index in [4.69, 9.17) is 9.26 Å². The highest BCUT2D eigenvalue weighted by atomic mass is 16.5. The molecule has 1 aromatic heterocycles. The van der Waals surface area contributed by atoms with Gasteiger partial charge in [-0.3, -0.25) is 0 Å². The molecular weight excluding hydrogens is 230 g/mol. The summed E-state index contributed by atoms with van der Waals surface area (Å²) in [6.07, 6.45) is 7.90. The van der Waals surface area contributed by atoms with Gasteiger partial charge in [-0.2, -0.15) is 4.98 Å². The van der Waals surface area contributed by atoms with Crippen LogP contribution in [0, 0.1) is 0 Å². The highest BCUT2D eigenvalue weighted by Gasteiger charge is 2.39. The van der Waals surface area contributed by atoms with Crippen LogP contribution in [0.15, 0.2) is 4.52 Å². The Morgan fingerprint density at radius 1 is 1.28 bits per heavy atom. The summed E-state index contributed by atoms with van der Waals surface area (Å²) in [6, 6.07) is 0.240. The molecular formula is C13H21N3O2. The largest absolute Gasteiger partial charge is 0.370 e. The minimum atomic E-state index is -0.307. The first-order valence-electron chi connectivity index (χ1n) is 6.97. The minimum Gasteiger partial charge on any atom is -0.370 e. The molecule has 5 heteroatoms. The first-order valence-corrected chi connectivity index (χ1v) is 6.97. The Morgan fingerprint density at radius 2 is 2.11 bits per heavy atom. The second kappa shape index (κ2) is 4.97. The van der Waals surface area contributed by atoms with E-state index in [0.29, 0.717) is 0 Å². The first-order chi connectivity index (χ1) is 8.84. The third-order valence-electron chi connectivity index (χ3n) is 4.26. The Balaban J connectivity index is 1.82. The Kier molecular flexibility index (Phi) is 3.35. The fourth-order valence-electron chi connectivity index (χ4n) is 3.10. The van der Waals surface area contributed by atoms with Crippen LogP contribution in [0.1, 0.15) is 62.7 Å². The maximum atomic E-state index is 5.74. The molecule has 1 saturated heterocycles. The monoisotopic (exact) mass is 251 g/mol. The van der Waals surface area contributed by atoms with Gasteiger partial charge in [0.15, 0.2) is 0 Å². The van der Waals surface area contributed by atoms with Crippen molar-refractivity contribution in [1.82, 2.24) is 15.5 Å². The number of aromatic nitrogens is 2. The van der Waals surface area contributed by atoms with Gasteiger partial charge in [0.05, 0.1) is 6.04 Å². The van der Waals surface area contributed by atoms with Gasteiger partial charge in [0.25, 0.3) is 0 Å². The van der Waals surface area contributed by atoms with Gasteiger partial charge in [-0.1, -0.05) is 24.4 Å². The molecule has 0 spiro atoms. The van der Waals surface area contributed by atoms with Gasteiger partial charge < -0.3 is 14.6 Å². The molecule has 1 aliphatic carbocycles. The summed E-state index contributed by atoms with van der Waals surface area (Å²) in [6.45, 7) is 1.04. The van der Waals surface area contributed by atoms with Crippen LogP contribution in [0.25, 0.3) is 0 Å². The van der Waals surface area contributed by atoms with Crippen molar-refractivity contribution in [2.24, 2.45) is 0 Å². The smallest absolute Gasteiger partial charge is 0.243 e. The van der Waals surface area contributed by atoms with Crippen molar-refractivity contribution in [2.75, 3.05) is 13.7 Å². The molecule has 0 aromatic carbocycles. The Bertz CT molecular complexity index is 393. The van der Waals surface area contributed by atoms with Gasteiger partial charge in [-0.05, 0) is 32.2 Å². The number of hydrogen-bond donors (Lipinski definition) is 1. The quantitative estimate of drug-likeness (QED) is 0.893. The molecule has 1 aliphatic heterocycles. The lowest BCUT2D eigenvalue weighted by molar-refractivity contribution is -0.0527. The maximum Gasteiger partial charge on any atom is 0.243 e. The predicted octanol–water partition coefficient (Wildman–Crippen LogP) is 2.30. The van der Waals surface area contributed by atoms with E-state index >= 15 is 0 Å². The topological polar surface area (TPSA) is 60.2 Å². The van der Waals surface area contributed by atoms with E-state index in [1.807, 2.05) is 0 Å². The van der Waals surface area contributed by atoms with Crippen molar-refractivity contribution in [3.63, 3.8) is 0 Å². The van der Waals surface area contributed by atoms with Gasteiger partial charge >= 0.3 is 0 Å². The molecule has 18 heavy (non-hydrogen) atoms. The minimum absolute atomic E-state index is 0.240. The van der Waals surface area contributed by atoms with E-state index in [1.165, 1.54) is 25.7 Å². The third-order valence-corrected chi connectivity index (χ3v) is 4.26. The summed E-state index contributed by atoms with van der Waals surface area (Å²) < 4.78 is 11.2. The number of methoxy groups -OCH3 is 1. The van der Waals surface area contributed by atoms with Crippen LogP contribution in [0.4, 0.5) is 0 Å². The molecule has 1 N–H and O–H groups in total. The molecule has 2 aliphatic rings. The lowest BCUT2D eigenvalue weighted by Gasteiger charge is -2.32. The van der Waals surface area contributed by atoms with Crippen LogP contribution in [0.3, 0.4) is 0 Å². The number of ether oxygens (including phenoxy) is 1. The summed E-state index contributed by atoms with van der Waals surface area (Å²) >= 11 is 0. The van der Waals surface area contributed by atoms with Crippen molar-refractivity contribution < 1.29 is 9.26 Å². The van der Waals surface area contributed by atoms with Crippen molar-refractivity contribution in [1.29, 1.82) is 0 Å². The summed E-state index contributed by atoms with van der Waals surface area (Å²) in [7, 11) is 1.76. The van der Waals surface area contributed by atoms with Crippen LogP contribution in [0.5, 0.6) is 0 Å². The van der Waals surface area contributed by atoms with E-state index in [9.17, 15) is 0 Å². The van der Waals surface area contributed by atoms with Gasteiger partial charge in [-0.15, -0.1) is 0 Å². The molecule has 2 heterocycles. The molecule has 0 bridgehead atoms. The molecule has 0 radical (unpaired) electrons. The molecule has 0 amide bonds. The second-order valence-electron chi connectivity index (χ2n) is 5.36. The predicted molar refractivity (Wildman–Crippen MR) is 66.0 cm³/mol. The van der Waals surface area contributed by atoms with E-state index < -0.39 is 0 Å². The van der Waals surface area contributed by atoms with Gasteiger partial charge in [0.1, 0.15) is 5.60 Å². The number of hydrogen-bond acceptors (Lipinski definition) is 5. The van der Waals surface area contributed by atoms with Crippen molar-refractivity contribution in [3.05, 3.63) is 11.7 Å². The van der Waals surface area contributed by atoms with Crippen molar-refractivity contribution in [3.8, 4) is 0 Å². The molecule has 3 rings (SSSR count). The third kappa shape index (κ3) is 2.06. The fraction of sp³-hybridized carbons (Fsp3) is 0.846. The standard InChI is InChI=1S/C13H21N3O2/c1-17-13(7-3-2-4-8-13)12-15-11(18-16-12)10-6-5-9-14-10/h10,14H,2-9H2,1H3/t10-/m1/s1. The zero-order chi connectivity index (χ0) is 12.4. The maximum absolute atomic E-state index is 5.74. The van der Waals surface area contributed by atoms with Gasteiger partial charge in [0.2, 0.25) is 11.7 Å².